The highest BCUT2D eigenvalue weighted by Gasteiger charge is 2.37. The molecule has 27 heavy (non-hydrogen) atoms. The minimum atomic E-state index is -1.03. The lowest BCUT2D eigenvalue weighted by molar-refractivity contribution is -0.143. The molecule has 4 N–H and O–H groups in total. The maximum Gasteiger partial charge on any atom is 0.333 e. The fourth-order valence-electron chi connectivity index (χ4n) is 3.28. The summed E-state index contributed by atoms with van der Waals surface area (Å²) in [5, 5.41) is 25.7. The highest BCUT2D eigenvalue weighted by atomic mass is 16.4. The number of rotatable bonds is 6. The smallest absolute Gasteiger partial charge is 0.333 e. The van der Waals surface area contributed by atoms with Crippen LogP contribution in [0.15, 0.2) is 65.9 Å². The van der Waals surface area contributed by atoms with Crippen molar-refractivity contribution in [1.29, 1.82) is 0 Å². The molecule has 0 saturated carbocycles. The summed E-state index contributed by atoms with van der Waals surface area (Å²) in [4.78, 5) is 23.6. The first kappa shape index (κ1) is 18.5. The van der Waals surface area contributed by atoms with E-state index >= 15 is 0 Å². The number of allylic oxidation sites excluding steroid dienone is 1. The summed E-state index contributed by atoms with van der Waals surface area (Å²) in [7, 11) is 0. The van der Waals surface area contributed by atoms with Crippen molar-refractivity contribution < 1.29 is 19.8 Å². The Morgan fingerprint density at radius 3 is 2.19 bits per heavy atom. The average molecular weight is 366 g/mol. The normalized spacial score (nSPS) is 19.4. The minimum absolute atomic E-state index is 0.120. The minimum Gasteiger partial charge on any atom is -0.481 e. The predicted molar refractivity (Wildman–Crippen MR) is 104 cm³/mol. The molecule has 0 radical (unpaired) electrons. The monoisotopic (exact) mass is 366 g/mol. The molecule has 2 aromatic carbocycles. The molecule has 1 aliphatic carbocycles. The molecule has 3 rings (SSSR count). The van der Waals surface area contributed by atoms with E-state index in [-0.39, 0.29) is 18.4 Å². The molecule has 0 aliphatic heterocycles. The van der Waals surface area contributed by atoms with E-state index in [1.54, 1.807) is 0 Å². The van der Waals surface area contributed by atoms with Gasteiger partial charge in [-0.25, -0.2) is 4.79 Å². The quantitative estimate of drug-likeness (QED) is 0.622. The second-order valence-corrected chi connectivity index (χ2v) is 6.72. The summed E-state index contributed by atoms with van der Waals surface area (Å²) in [6.07, 6.45) is 0.241. The highest BCUT2D eigenvalue weighted by molar-refractivity contribution is 5.89. The van der Waals surface area contributed by atoms with Gasteiger partial charge in [0.1, 0.15) is 0 Å². The van der Waals surface area contributed by atoms with Crippen LogP contribution in [0.5, 0.6) is 0 Å². The van der Waals surface area contributed by atoms with Crippen molar-refractivity contribution in [3.8, 4) is 0 Å². The summed E-state index contributed by atoms with van der Waals surface area (Å²) in [6.45, 7) is 1.97. The third-order valence-electron chi connectivity index (χ3n) is 4.75. The Kier molecular flexibility index (Phi) is 5.45. The molecule has 1 aliphatic rings. The Labute approximate surface area is 157 Å². The van der Waals surface area contributed by atoms with Crippen LogP contribution >= 0.6 is 0 Å². The van der Waals surface area contributed by atoms with Gasteiger partial charge in [-0.2, -0.15) is 0 Å². The van der Waals surface area contributed by atoms with Crippen molar-refractivity contribution in [2.75, 3.05) is 10.6 Å². The zero-order chi connectivity index (χ0) is 19.4. The lowest BCUT2D eigenvalue weighted by Gasteiger charge is -2.32. The van der Waals surface area contributed by atoms with Gasteiger partial charge in [0.05, 0.1) is 11.5 Å². The van der Waals surface area contributed by atoms with E-state index in [1.807, 2.05) is 61.5 Å². The van der Waals surface area contributed by atoms with Crippen LogP contribution < -0.4 is 10.6 Å². The number of nitrogens with one attached hydrogen (secondary N) is 2. The van der Waals surface area contributed by atoms with Gasteiger partial charge in [-0.1, -0.05) is 35.9 Å². The van der Waals surface area contributed by atoms with Gasteiger partial charge in [0, 0.05) is 36.0 Å². The van der Waals surface area contributed by atoms with E-state index in [1.165, 1.54) is 0 Å². The second kappa shape index (κ2) is 7.95. The molecular formula is C21H22N2O4. The molecule has 0 spiro atoms. The van der Waals surface area contributed by atoms with E-state index < -0.39 is 23.9 Å². The number of hydrogen-bond acceptors (Lipinski definition) is 4. The van der Waals surface area contributed by atoms with Gasteiger partial charge in [0.25, 0.3) is 0 Å². The van der Waals surface area contributed by atoms with Crippen molar-refractivity contribution in [3.05, 3.63) is 71.4 Å². The number of aryl methyl sites for hydroxylation is 1. The first-order valence-electron chi connectivity index (χ1n) is 8.77. The second-order valence-electron chi connectivity index (χ2n) is 6.72. The number of carboxylic acid groups (broad SMARTS) is 2. The lowest BCUT2D eigenvalue weighted by Crippen LogP contribution is -2.40. The Morgan fingerprint density at radius 2 is 1.59 bits per heavy atom. The zero-order valence-corrected chi connectivity index (χ0v) is 15.0. The topological polar surface area (TPSA) is 98.7 Å². The number of hydrogen-bond donors (Lipinski definition) is 4. The third-order valence-corrected chi connectivity index (χ3v) is 4.75. The van der Waals surface area contributed by atoms with E-state index in [9.17, 15) is 19.8 Å². The molecule has 2 unspecified atom stereocenters. The number of para-hydroxylation sites is 1. The molecule has 0 fully saturated rings. The molecule has 6 heteroatoms. The molecule has 2 aromatic rings. The molecule has 2 atom stereocenters. The largest absolute Gasteiger partial charge is 0.481 e. The van der Waals surface area contributed by atoms with Gasteiger partial charge in [0.15, 0.2) is 0 Å². The van der Waals surface area contributed by atoms with Crippen molar-refractivity contribution in [3.63, 3.8) is 0 Å². The number of anilines is 2. The molecule has 0 saturated heterocycles. The van der Waals surface area contributed by atoms with Crippen LogP contribution in [0.25, 0.3) is 0 Å². The fraction of sp³-hybridized carbons (Fsp3) is 0.238. The van der Waals surface area contributed by atoms with Crippen LogP contribution in [0.4, 0.5) is 11.4 Å². The number of benzene rings is 2. The summed E-state index contributed by atoms with van der Waals surface area (Å²) in [5.74, 6) is -2.72. The van der Waals surface area contributed by atoms with Crippen LogP contribution in [-0.4, -0.2) is 28.2 Å². The van der Waals surface area contributed by atoms with Crippen LogP contribution in [0.1, 0.15) is 18.4 Å². The first-order valence-corrected chi connectivity index (χ1v) is 8.77. The van der Waals surface area contributed by atoms with Crippen molar-refractivity contribution in [2.24, 2.45) is 5.92 Å². The van der Waals surface area contributed by atoms with Crippen molar-refractivity contribution in [1.82, 2.24) is 0 Å². The van der Waals surface area contributed by atoms with Crippen molar-refractivity contribution >= 4 is 23.3 Å². The number of carbonyl (C=O) groups is 2. The van der Waals surface area contributed by atoms with E-state index in [4.69, 9.17) is 0 Å². The third kappa shape index (κ3) is 4.47. The van der Waals surface area contributed by atoms with Gasteiger partial charge in [-0.05, 0) is 31.2 Å². The lowest BCUT2D eigenvalue weighted by atomic mass is 9.82. The molecule has 0 amide bonds. The fourth-order valence-corrected chi connectivity index (χ4v) is 3.28. The maximum absolute atomic E-state index is 11.8. The summed E-state index contributed by atoms with van der Waals surface area (Å²) < 4.78 is 0. The molecule has 140 valence electrons. The van der Waals surface area contributed by atoms with Crippen LogP contribution in [0.2, 0.25) is 0 Å². The molecule has 0 heterocycles. The van der Waals surface area contributed by atoms with Gasteiger partial charge in [-0.3, -0.25) is 4.79 Å². The highest BCUT2D eigenvalue weighted by Crippen LogP contribution is 2.33. The van der Waals surface area contributed by atoms with Crippen LogP contribution in [0.3, 0.4) is 0 Å². The van der Waals surface area contributed by atoms with Gasteiger partial charge in [0.2, 0.25) is 0 Å². The van der Waals surface area contributed by atoms with Gasteiger partial charge >= 0.3 is 11.9 Å². The van der Waals surface area contributed by atoms with Crippen LogP contribution in [-0.2, 0) is 9.59 Å². The maximum atomic E-state index is 11.8. The predicted octanol–water partition coefficient (Wildman–Crippen LogP) is 3.72. The molecular weight excluding hydrogens is 344 g/mol. The number of carboxylic acids is 2. The number of aliphatic carboxylic acids is 2. The molecule has 0 bridgehead atoms. The SMILES string of the molecule is Cc1ccc(NC2CC(C(=O)O)=C(Nc3ccccc3)CC2C(=O)O)cc1. The summed E-state index contributed by atoms with van der Waals surface area (Å²) >= 11 is 0. The Balaban J connectivity index is 1.89. The standard InChI is InChI=1S/C21H22N2O4/c1-13-7-9-15(10-8-13)23-19-12-16(20(24)25)18(11-17(19)21(26)27)22-14-5-3-2-4-6-14/h2-10,17,19,22-23H,11-12H2,1H3,(H,24,25)(H,26,27). The zero-order valence-electron chi connectivity index (χ0n) is 15.0. The Morgan fingerprint density at radius 1 is 0.926 bits per heavy atom. The van der Waals surface area contributed by atoms with E-state index in [0.717, 1.165) is 16.9 Å². The van der Waals surface area contributed by atoms with Gasteiger partial charge in [-0.15, -0.1) is 0 Å². The Hall–Kier alpha value is -3.28. The van der Waals surface area contributed by atoms with E-state index in [2.05, 4.69) is 10.6 Å². The molecule has 0 aromatic heterocycles. The average Bonchev–Trinajstić information content (AvgIpc) is 2.65. The van der Waals surface area contributed by atoms with Gasteiger partial charge < -0.3 is 20.8 Å². The molecule has 6 nitrogen and oxygen atoms in total. The van der Waals surface area contributed by atoms with E-state index in [0.29, 0.717) is 5.70 Å². The van der Waals surface area contributed by atoms with Crippen molar-refractivity contribution in [2.45, 2.75) is 25.8 Å². The Bertz CT molecular complexity index is 860. The summed E-state index contributed by atoms with van der Waals surface area (Å²) in [6, 6.07) is 16.3. The van der Waals surface area contributed by atoms with Crippen LogP contribution in [0, 0.1) is 12.8 Å². The first-order chi connectivity index (χ1) is 12.9. The summed E-state index contributed by atoms with van der Waals surface area (Å²) in [5.41, 5.74) is 3.27.